The van der Waals surface area contributed by atoms with Crippen LogP contribution < -0.4 is 20.1 Å². The van der Waals surface area contributed by atoms with Crippen molar-refractivity contribution in [2.75, 3.05) is 18.9 Å². The number of nitrogens with one attached hydrogen (secondary N) is 1. The summed E-state index contributed by atoms with van der Waals surface area (Å²) in [4.78, 5) is 16.3. The molecule has 6 atom stereocenters. The van der Waals surface area contributed by atoms with Crippen LogP contribution in [-0.4, -0.2) is 68.3 Å². The van der Waals surface area contributed by atoms with E-state index in [-0.39, 0.29) is 35.9 Å². The van der Waals surface area contributed by atoms with Crippen molar-refractivity contribution in [3.63, 3.8) is 0 Å². The van der Waals surface area contributed by atoms with Crippen molar-refractivity contribution in [1.29, 1.82) is 5.26 Å². The number of benzene rings is 2. The molecule has 0 bridgehead atoms. The topological polar surface area (TPSA) is 204 Å². The number of nitrogens with zero attached hydrogens (tertiary/aromatic N) is 4. The van der Waals surface area contributed by atoms with Gasteiger partial charge in [-0.2, -0.15) is 10.4 Å². The molecule has 3 heterocycles. The Morgan fingerprint density at radius 1 is 1.22 bits per heavy atom. The summed E-state index contributed by atoms with van der Waals surface area (Å²) in [5, 5.41) is 40.1. The Labute approximate surface area is 259 Å². The molecule has 45 heavy (non-hydrogen) atoms. The van der Waals surface area contributed by atoms with Crippen LogP contribution in [0.1, 0.15) is 33.4 Å². The Kier molecular flexibility index (Phi) is 9.02. The summed E-state index contributed by atoms with van der Waals surface area (Å²) in [6.07, 6.45) is -3.07. The highest BCUT2D eigenvalue weighted by molar-refractivity contribution is 7.37. The van der Waals surface area contributed by atoms with Crippen molar-refractivity contribution >= 4 is 36.3 Å². The fraction of sp³-hybridized carbons (Fsp3) is 0.400. The molecule has 14 nitrogen and oxygen atoms in total. The van der Waals surface area contributed by atoms with Crippen molar-refractivity contribution in [3.8, 4) is 17.6 Å². The van der Waals surface area contributed by atoms with E-state index in [4.69, 9.17) is 24.5 Å². The first-order valence-corrected chi connectivity index (χ1v) is 15.5. The minimum Gasteiger partial charge on any atom is -0.490 e. The number of fused-ring (bicyclic) bond motifs is 2. The van der Waals surface area contributed by atoms with Gasteiger partial charge in [0, 0.05) is 0 Å². The van der Waals surface area contributed by atoms with Gasteiger partial charge in [0.25, 0.3) is 0 Å². The number of aliphatic hydroxyl groups excluding tert-OH is 2. The van der Waals surface area contributed by atoms with Crippen LogP contribution in [0.15, 0.2) is 54.9 Å². The van der Waals surface area contributed by atoms with Crippen molar-refractivity contribution < 1.29 is 38.3 Å². The van der Waals surface area contributed by atoms with E-state index in [2.05, 4.69) is 15.2 Å². The quantitative estimate of drug-likeness (QED) is 0.146. The lowest BCUT2D eigenvalue weighted by Crippen LogP contribution is -2.41. The highest BCUT2D eigenvalue weighted by Gasteiger charge is 2.57. The summed E-state index contributed by atoms with van der Waals surface area (Å²) >= 11 is 0. The molecule has 0 saturated carbocycles. The molecule has 0 spiro atoms. The number of carbonyl (C=O) groups excluding carboxylic acids is 1. The Balaban J connectivity index is 1.33. The van der Waals surface area contributed by atoms with Gasteiger partial charge in [-0.3, -0.25) is 9.36 Å². The maximum atomic E-state index is 12.9. The molecule has 15 heteroatoms. The Morgan fingerprint density at radius 3 is 2.62 bits per heavy atom. The van der Waals surface area contributed by atoms with Crippen LogP contribution in [0.2, 0.25) is 0 Å². The molecule has 5 N–H and O–H groups in total. The molecule has 0 amide bonds. The summed E-state index contributed by atoms with van der Waals surface area (Å²) in [5.41, 5.74) is 4.29. The molecule has 1 fully saturated rings. The number of carbonyl (C=O) groups is 1. The molecule has 5 rings (SSSR count). The van der Waals surface area contributed by atoms with Gasteiger partial charge in [-0.25, -0.2) is 14.6 Å². The second-order valence-corrected chi connectivity index (χ2v) is 13.0. The molecule has 2 aromatic carbocycles. The van der Waals surface area contributed by atoms with Gasteiger partial charge in [0.05, 0.1) is 17.7 Å². The third-order valence-corrected chi connectivity index (χ3v) is 8.33. The highest BCUT2D eigenvalue weighted by atomic mass is 31.1. The first-order valence-electron chi connectivity index (χ1n) is 14.2. The number of nitrogen functional groups attached to an aromatic ring is 1. The first kappa shape index (κ1) is 32.2. The van der Waals surface area contributed by atoms with Crippen molar-refractivity contribution in [2.24, 2.45) is 5.41 Å². The maximum Gasteiger partial charge on any atom is 0.323 e. The fourth-order valence-corrected chi connectivity index (χ4v) is 5.88. The maximum absolute atomic E-state index is 12.9. The number of aliphatic hydroxyl groups is 2. The van der Waals surface area contributed by atoms with Crippen LogP contribution in [-0.2, 0) is 24.4 Å². The molecule has 1 aliphatic heterocycles. The van der Waals surface area contributed by atoms with Crippen LogP contribution in [0.4, 0.5) is 5.82 Å². The zero-order chi connectivity index (χ0) is 32.5. The van der Waals surface area contributed by atoms with E-state index >= 15 is 0 Å². The lowest BCUT2D eigenvalue weighted by atomic mass is 9.92. The SMILES string of the molecule is C[C@H](N[PH](=O)Oc1cccc2cccc(OC[C@H]3O[C@@](C#N)(c4ccc5c(N)ncnn45)[C@H](O)[C@@H]3O)c12)C(=O)OCC(C)(C)C. The molecule has 1 aliphatic rings. The molecule has 4 aromatic rings. The first-order chi connectivity index (χ1) is 21.3. The molecule has 0 aliphatic carbocycles. The molecule has 0 radical (unpaired) electrons. The van der Waals surface area contributed by atoms with Crippen molar-refractivity contribution in [2.45, 2.75) is 57.6 Å². The van der Waals surface area contributed by atoms with Gasteiger partial charge in [0.1, 0.15) is 60.4 Å². The number of anilines is 1. The van der Waals surface area contributed by atoms with Crippen molar-refractivity contribution in [3.05, 3.63) is 60.6 Å². The van der Waals surface area contributed by atoms with Gasteiger partial charge in [-0.15, -0.1) is 0 Å². The van der Waals surface area contributed by atoms with Crippen LogP contribution in [0, 0.1) is 16.7 Å². The number of hydrogen-bond acceptors (Lipinski definition) is 12. The summed E-state index contributed by atoms with van der Waals surface area (Å²) in [7, 11) is -2.97. The number of nitriles is 1. The minimum atomic E-state index is -2.97. The predicted octanol–water partition coefficient (Wildman–Crippen LogP) is 2.72. The lowest BCUT2D eigenvalue weighted by molar-refractivity contribution is -0.147. The highest BCUT2D eigenvalue weighted by Crippen LogP contribution is 2.42. The summed E-state index contributed by atoms with van der Waals surface area (Å²) in [6.45, 7) is 7.28. The van der Waals surface area contributed by atoms with E-state index in [9.17, 15) is 24.8 Å². The Bertz CT molecular complexity index is 1780. The van der Waals surface area contributed by atoms with E-state index < -0.39 is 44.1 Å². The van der Waals surface area contributed by atoms with Gasteiger partial charge in [-0.05, 0) is 42.0 Å². The second-order valence-electron chi connectivity index (χ2n) is 11.9. The molecular weight excluding hydrogens is 603 g/mol. The molecule has 2 aromatic heterocycles. The molecular formula is C30H35N6O8P. The fourth-order valence-electron chi connectivity index (χ4n) is 4.98. The largest absolute Gasteiger partial charge is 0.490 e. The van der Waals surface area contributed by atoms with E-state index in [1.165, 1.54) is 23.8 Å². The van der Waals surface area contributed by atoms with Gasteiger partial charge in [0.2, 0.25) is 5.60 Å². The van der Waals surface area contributed by atoms with Gasteiger partial charge in [0.15, 0.2) is 5.82 Å². The molecule has 1 unspecified atom stereocenters. The third kappa shape index (κ3) is 6.45. The zero-order valence-electron chi connectivity index (χ0n) is 25.1. The average Bonchev–Trinajstić information content (AvgIpc) is 3.54. The number of ether oxygens (including phenoxy) is 3. The van der Waals surface area contributed by atoms with Gasteiger partial charge >= 0.3 is 14.1 Å². The van der Waals surface area contributed by atoms with Crippen molar-refractivity contribution in [1.82, 2.24) is 19.7 Å². The number of hydrogen-bond donors (Lipinski definition) is 4. The number of aromatic nitrogens is 3. The number of nitrogens with two attached hydrogens (primary N) is 1. The molecule has 1 saturated heterocycles. The van der Waals surface area contributed by atoms with Crippen LogP contribution in [0.3, 0.4) is 0 Å². The Morgan fingerprint density at radius 2 is 1.93 bits per heavy atom. The van der Waals surface area contributed by atoms with Gasteiger partial charge in [-0.1, -0.05) is 45.0 Å². The van der Waals surface area contributed by atoms with E-state index in [1.54, 1.807) is 30.3 Å². The van der Waals surface area contributed by atoms with E-state index in [0.717, 1.165) is 0 Å². The van der Waals surface area contributed by atoms with E-state index in [1.807, 2.05) is 39.0 Å². The van der Waals surface area contributed by atoms with E-state index in [0.29, 0.717) is 22.0 Å². The summed E-state index contributed by atoms with van der Waals surface area (Å²) in [5.74, 6) is 0.150. The average molecular weight is 639 g/mol. The standard InChI is InChI=1S/C30H35N6O8P/c1-17(28(39)42-15-29(2,3)4)35-45(40)44-21-10-6-8-18-7-5-9-20(24(18)21)41-13-22-25(37)26(38)30(14-31,43-22)23-12-11-19-27(32)33-16-34-36(19)23/h5-12,16-17,22,25-26,37-38,45H,13,15H2,1-4H3,(H,35,40)(H2,32,33,34)/t17-,22+,25+,26+,30-/m0/s1. The van der Waals surface area contributed by atoms with Crippen LogP contribution in [0.25, 0.3) is 16.3 Å². The minimum absolute atomic E-state index is 0.165. The Hall–Kier alpha value is -4.25. The van der Waals surface area contributed by atoms with Gasteiger partial charge < -0.3 is 34.7 Å². The normalized spacial score (nSPS) is 23.0. The van der Waals surface area contributed by atoms with Crippen LogP contribution >= 0.6 is 8.18 Å². The lowest BCUT2D eigenvalue weighted by Gasteiger charge is -2.24. The molecule has 238 valence electrons. The summed E-state index contributed by atoms with van der Waals surface area (Å²) < 4.78 is 37.4. The second kappa shape index (κ2) is 12.6. The number of esters is 1. The monoisotopic (exact) mass is 638 g/mol. The zero-order valence-corrected chi connectivity index (χ0v) is 26.1. The third-order valence-electron chi connectivity index (χ3n) is 7.26. The predicted molar refractivity (Wildman–Crippen MR) is 164 cm³/mol. The van der Waals surface area contributed by atoms with Crippen LogP contribution in [0.5, 0.6) is 11.5 Å². The summed E-state index contributed by atoms with van der Waals surface area (Å²) in [6, 6.07) is 14.6. The number of rotatable bonds is 10. The smallest absolute Gasteiger partial charge is 0.323 e.